The summed E-state index contributed by atoms with van der Waals surface area (Å²) in [5.41, 5.74) is 5.44. The smallest absolute Gasteiger partial charge is 0.266 e. The molecule has 180 valence electrons. The molecule has 1 amide bonds. The monoisotopic (exact) mass is 579 g/mol. The van der Waals surface area contributed by atoms with Gasteiger partial charge in [-0.2, -0.15) is 5.26 Å². The third-order valence-corrected chi connectivity index (χ3v) is 6.46. The minimum atomic E-state index is -0.447. The molecule has 0 saturated carbocycles. The van der Waals surface area contributed by atoms with Crippen LogP contribution in [0.1, 0.15) is 36.1 Å². The Balaban J connectivity index is 1.93. The Morgan fingerprint density at radius 2 is 1.77 bits per heavy atom. The highest BCUT2D eigenvalue weighted by molar-refractivity contribution is 14.1. The van der Waals surface area contributed by atoms with Crippen LogP contribution in [0.5, 0.6) is 5.75 Å². The first-order chi connectivity index (χ1) is 16.8. The summed E-state index contributed by atoms with van der Waals surface area (Å²) in [6, 6.07) is 21.9. The Labute approximate surface area is 221 Å². The van der Waals surface area contributed by atoms with Crippen LogP contribution < -0.4 is 15.0 Å². The second kappa shape index (κ2) is 12.4. The van der Waals surface area contributed by atoms with E-state index < -0.39 is 5.91 Å². The van der Waals surface area contributed by atoms with Gasteiger partial charge in [-0.25, -0.2) is 0 Å². The fourth-order valence-electron chi connectivity index (χ4n) is 3.66. The summed E-state index contributed by atoms with van der Waals surface area (Å²) in [4.78, 5) is 15.2. The molecule has 1 N–H and O–H groups in total. The normalized spacial score (nSPS) is 11.0. The molecule has 0 aliphatic rings. The molecule has 6 heteroatoms. The average Bonchev–Trinajstić information content (AvgIpc) is 2.85. The number of aryl methyl sites for hydroxylation is 2. The number of benzene rings is 3. The van der Waals surface area contributed by atoms with Crippen LogP contribution in [0.15, 0.2) is 66.2 Å². The molecule has 3 aromatic rings. The highest BCUT2D eigenvalue weighted by Gasteiger charge is 2.14. The maximum atomic E-state index is 13.0. The van der Waals surface area contributed by atoms with Gasteiger partial charge < -0.3 is 15.0 Å². The van der Waals surface area contributed by atoms with Crippen molar-refractivity contribution in [3.05, 3.63) is 92.1 Å². The molecular weight excluding hydrogens is 549 g/mol. The standard InChI is InChI=1S/C29H30IN3O2/c1-5-33(6-2)26-14-11-23(28(17-26)35-19-22-9-12-25(30)13-10-22)16-24(18-31)29(34)32-27-15-20(3)7-8-21(27)4/h7-17H,5-6,19H2,1-4H3,(H,32,34)/b24-16+. The minimum absolute atomic E-state index is 0.0145. The number of rotatable bonds is 9. The molecule has 3 rings (SSSR count). The first kappa shape index (κ1) is 26.3. The predicted octanol–water partition coefficient (Wildman–Crippen LogP) is 6.88. The van der Waals surface area contributed by atoms with Crippen LogP contribution in [0.2, 0.25) is 0 Å². The molecule has 0 aliphatic heterocycles. The Kier molecular flexibility index (Phi) is 9.32. The molecule has 5 nitrogen and oxygen atoms in total. The van der Waals surface area contributed by atoms with E-state index in [0.29, 0.717) is 23.6 Å². The molecule has 0 atom stereocenters. The number of anilines is 2. The van der Waals surface area contributed by atoms with E-state index in [-0.39, 0.29) is 5.57 Å². The van der Waals surface area contributed by atoms with Gasteiger partial charge in [-0.05, 0) is 103 Å². The van der Waals surface area contributed by atoms with E-state index in [1.165, 1.54) is 0 Å². The molecule has 0 aliphatic carbocycles. The largest absolute Gasteiger partial charge is 0.488 e. The Bertz CT molecular complexity index is 1260. The Hall–Kier alpha value is -3.31. The van der Waals surface area contributed by atoms with Gasteiger partial charge in [-0.15, -0.1) is 0 Å². The van der Waals surface area contributed by atoms with Crippen molar-refractivity contribution < 1.29 is 9.53 Å². The van der Waals surface area contributed by atoms with E-state index in [9.17, 15) is 10.1 Å². The van der Waals surface area contributed by atoms with E-state index in [1.807, 2.05) is 74.5 Å². The fourth-order valence-corrected chi connectivity index (χ4v) is 4.02. The number of nitrogens with zero attached hydrogens (tertiary/aromatic N) is 2. The molecule has 0 fully saturated rings. The zero-order chi connectivity index (χ0) is 25.4. The maximum absolute atomic E-state index is 13.0. The Morgan fingerprint density at radius 1 is 1.06 bits per heavy atom. The molecule has 0 aromatic heterocycles. The van der Waals surface area contributed by atoms with Crippen LogP contribution in [0.25, 0.3) is 6.08 Å². The highest BCUT2D eigenvalue weighted by atomic mass is 127. The number of hydrogen-bond donors (Lipinski definition) is 1. The van der Waals surface area contributed by atoms with Crippen LogP contribution in [0.4, 0.5) is 11.4 Å². The van der Waals surface area contributed by atoms with E-state index in [0.717, 1.165) is 39.0 Å². The topological polar surface area (TPSA) is 65.4 Å². The van der Waals surface area contributed by atoms with Gasteiger partial charge in [0.1, 0.15) is 24.0 Å². The highest BCUT2D eigenvalue weighted by Crippen LogP contribution is 2.29. The lowest BCUT2D eigenvalue weighted by atomic mass is 10.1. The summed E-state index contributed by atoms with van der Waals surface area (Å²) in [7, 11) is 0. The quantitative estimate of drug-likeness (QED) is 0.171. The van der Waals surface area contributed by atoms with Gasteiger partial charge in [-0.1, -0.05) is 24.3 Å². The molecule has 0 bridgehead atoms. The molecule has 0 spiro atoms. The van der Waals surface area contributed by atoms with E-state index in [2.05, 4.69) is 52.7 Å². The second-order valence-corrected chi connectivity index (χ2v) is 9.50. The molecule has 0 radical (unpaired) electrons. The number of hydrogen-bond acceptors (Lipinski definition) is 4. The zero-order valence-corrected chi connectivity index (χ0v) is 22.7. The van der Waals surface area contributed by atoms with E-state index in [1.54, 1.807) is 6.08 Å². The molecule has 0 heterocycles. The lowest BCUT2D eigenvalue weighted by Crippen LogP contribution is -2.21. The molecule has 0 saturated heterocycles. The first-order valence-corrected chi connectivity index (χ1v) is 12.7. The third kappa shape index (κ3) is 7.09. The van der Waals surface area contributed by atoms with Crippen molar-refractivity contribution in [3.63, 3.8) is 0 Å². The summed E-state index contributed by atoms with van der Waals surface area (Å²) >= 11 is 2.27. The van der Waals surface area contributed by atoms with Gasteiger partial charge in [0.25, 0.3) is 5.91 Å². The van der Waals surface area contributed by atoms with Crippen molar-refractivity contribution in [1.82, 2.24) is 0 Å². The number of amides is 1. The van der Waals surface area contributed by atoms with Crippen LogP contribution >= 0.6 is 22.6 Å². The van der Waals surface area contributed by atoms with E-state index >= 15 is 0 Å². The van der Waals surface area contributed by atoms with Gasteiger partial charge in [0.15, 0.2) is 0 Å². The lowest BCUT2D eigenvalue weighted by Gasteiger charge is -2.22. The number of carbonyl (C=O) groups excluding carboxylic acids is 1. The molecule has 35 heavy (non-hydrogen) atoms. The van der Waals surface area contributed by atoms with Gasteiger partial charge in [0.05, 0.1) is 0 Å². The predicted molar refractivity (Wildman–Crippen MR) is 152 cm³/mol. The molecular formula is C29H30IN3O2. The van der Waals surface area contributed by atoms with Crippen molar-refractivity contribution in [2.24, 2.45) is 0 Å². The molecule has 0 unspecified atom stereocenters. The number of nitrogens with one attached hydrogen (secondary N) is 1. The zero-order valence-electron chi connectivity index (χ0n) is 20.6. The fraction of sp³-hybridized carbons (Fsp3) is 0.241. The van der Waals surface area contributed by atoms with E-state index in [4.69, 9.17) is 4.74 Å². The third-order valence-electron chi connectivity index (χ3n) is 5.74. The lowest BCUT2D eigenvalue weighted by molar-refractivity contribution is -0.112. The van der Waals surface area contributed by atoms with Gasteiger partial charge in [0.2, 0.25) is 0 Å². The Morgan fingerprint density at radius 3 is 2.43 bits per heavy atom. The SMILES string of the molecule is CCN(CC)c1ccc(/C=C(\C#N)C(=O)Nc2cc(C)ccc2C)c(OCc2ccc(I)cc2)c1. The number of carbonyl (C=O) groups is 1. The minimum Gasteiger partial charge on any atom is -0.488 e. The second-order valence-electron chi connectivity index (χ2n) is 8.25. The summed E-state index contributed by atoms with van der Waals surface area (Å²) < 4.78 is 7.37. The summed E-state index contributed by atoms with van der Waals surface area (Å²) in [5.74, 6) is 0.179. The van der Waals surface area contributed by atoms with Crippen LogP contribution in [-0.2, 0) is 11.4 Å². The van der Waals surface area contributed by atoms with Crippen molar-refractivity contribution in [3.8, 4) is 11.8 Å². The summed E-state index contributed by atoms with van der Waals surface area (Å²) in [6.07, 6.45) is 1.59. The average molecular weight is 579 g/mol. The van der Waals surface area contributed by atoms with Crippen molar-refractivity contribution in [2.45, 2.75) is 34.3 Å². The van der Waals surface area contributed by atoms with Crippen molar-refractivity contribution >= 4 is 45.9 Å². The summed E-state index contributed by atoms with van der Waals surface area (Å²) in [6.45, 7) is 10.2. The van der Waals surface area contributed by atoms with Crippen LogP contribution in [-0.4, -0.2) is 19.0 Å². The van der Waals surface area contributed by atoms with Crippen LogP contribution in [0, 0.1) is 28.7 Å². The van der Waals surface area contributed by atoms with Crippen molar-refractivity contribution in [2.75, 3.05) is 23.3 Å². The van der Waals surface area contributed by atoms with Gasteiger partial charge in [-0.3, -0.25) is 4.79 Å². The first-order valence-electron chi connectivity index (χ1n) is 11.6. The number of halogens is 1. The van der Waals surface area contributed by atoms with Gasteiger partial charge in [0, 0.05) is 39.7 Å². The maximum Gasteiger partial charge on any atom is 0.266 e. The number of nitriles is 1. The van der Waals surface area contributed by atoms with Crippen LogP contribution in [0.3, 0.4) is 0 Å². The van der Waals surface area contributed by atoms with Crippen molar-refractivity contribution in [1.29, 1.82) is 5.26 Å². The number of ether oxygens (including phenoxy) is 1. The summed E-state index contributed by atoms with van der Waals surface area (Å²) in [5, 5.41) is 12.6. The van der Waals surface area contributed by atoms with Gasteiger partial charge >= 0.3 is 0 Å². The molecule has 3 aromatic carbocycles.